The fourth-order valence-corrected chi connectivity index (χ4v) is 3.03. The molecular formula is C15H23N3S. The van der Waals surface area contributed by atoms with Gasteiger partial charge in [-0.05, 0) is 37.3 Å². The molecule has 1 heterocycles. The van der Waals surface area contributed by atoms with Crippen LogP contribution in [0.5, 0.6) is 0 Å². The van der Waals surface area contributed by atoms with E-state index in [1.54, 1.807) is 6.20 Å². The van der Waals surface area contributed by atoms with E-state index in [-0.39, 0.29) is 0 Å². The Morgan fingerprint density at radius 1 is 1.42 bits per heavy atom. The van der Waals surface area contributed by atoms with Crippen molar-refractivity contribution >= 4 is 23.0 Å². The van der Waals surface area contributed by atoms with Crippen LogP contribution in [0.3, 0.4) is 0 Å². The fourth-order valence-electron chi connectivity index (χ4n) is 2.90. The van der Waals surface area contributed by atoms with Crippen LogP contribution in [0, 0.1) is 5.92 Å². The number of hydrogen-bond donors (Lipinski definition) is 2. The summed E-state index contributed by atoms with van der Waals surface area (Å²) in [5, 5.41) is 3.57. The number of rotatable bonds is 5. The van der Waals surface area contributed by atoms with Crippen molar-refractivity contribution in [3.63, 3.8) is 0 Å². The van der Waals surface area contributed by atoms with Crippen LogP contribution in [-0.4, -0.2) is 16.0 Å². The van der Waals surface area contributed by atoms with Gasteiger partial charge in [0.1, 0.15) is 10.8 Å². The topological polar surface area (TPSA) is 50.9 Å². The normalized spacial score (nSPS) is 17.9. The van der Waals surface area contributed by atoms with Crippen molar-refractivity contribution in [3.05, 3.63) is 23.9 Å². The van der Waals surface area contributed by atoms with Crippen molar-refractivity contribution in [2.45, 2.75) is 51.5 Å². The maximum Gasteiger partial charge on any atom is 0.126 e. The van der Waals surface area contributed by atoms with E-state index in [9.17, 15) is 0 Å². The maximum atomic E-state index is 5.58. The molecule has 1 saturated carbocycles. The van der Waals surface area contributed by atoms with Gasteiger partial charge in [0.05, 0.1) is 0 Å². The molecule has 1 aromatic heterocycles. The van der Waals surface area contributed by atoms with Gasteiger partial charge in [-0.3, -0.25) is 0 Å². The van der Waals surface area contributed by atoms with Crippen molar-refractivity contribution in [2.75, 3.05) is 5.32 Å². The monoisotopic (exact) mass is 277 g/mol. The first-order valence-electron chi connectivity index (χ1n) is 7.23. The Morgan fingerprint density at radius 2 is 2.16 bits per heavy atom. The van der Waals surface area contributed by atoms with E-state index in [1.165, 1.54) is 32.1 Å². The predicted molar refractivity (Wildman–Crippen MR) is 84.4 cm³/mol. The number of thiocarbonyl (C=S) groups is 1. The minimum Gasteiger partial charge on any atom is -0.389 e. The van der Waals surface area contributed by atoms with Gasteiger partial charge >= 0.3 is 0 Å². The van der Waals surface area contributed by atoms with Crippen LogP contribution < -0.4 is 11.1 Å². The summed E-state index contributed by atoms with van der Waals surface area (Å²) in [6.07, 6.45) is 9.72. The second-order valence-electron chi connectivity index (χ2n) is 5.35. The molecule has 0 radical (unpaired) electrons. The molecule has 0 bridgehead atoms. The highest BCUT2D eigenvalue weighted by Gasteiger charge is 2.22. The third-order valence-corrected chi connectivity index (χ3v) is 4.28. The Hall–Kier alpha value is -1.16. The Morgan fingerprint density at radius 3 is 2.68 bits per heavy atom. The smallest absolute Gasteiger partial charge is 0.126 e. The second-order valence-corrected chi connectivity index (χ2v) is 5.79. The van der Waals surface area contributed by atoms with Gasteiger partial charge in [-0.2, -0.15) is 0 Å². The molecule has 3 N–H and O–H groups in total. The molecule has 104 valence electrons. The highest BCUT2D eigenvalue weighted by Crippen LogP contribution is 2.29. The van der Waals surface area contributed by atoms with Crippen LogP contribution in [0.2, 0.25) is 0 Å². The molecule has 4 heteroatoms. The van der Waals surface area contributed by atoms with Crippen LogP contribution in [0.25, 0.3) is 0 Å². The first kappa shape index (κ1) is 14.3. The molecule has 0 amide bonds. The highest BCUT2D eigenvalue weighted by molar-refractivity contribution is 7.80. The van der Waals surface area contributed by atoms with Crippen LogP contribution in [0.1, 0.15) is 51.0 Å². The summed E-state index contributed by atoms with van der Waals surface area (Å²) in [6.45, 7) is 2.25. The molecule has 0 spiro atoms. The lowest BCUT2D eigenvalue weighted by Crippen LogP contribution is -2.30. The summed E-state index contributed by atoms with van der Waals surface area (Å²) in [5.74, 6) is 1.72. The van der Waals surface area contributed by atoms with E-state index in [0.29, 0.717) is 11.0 Å². The third-order valence-electron chi connectivity index (χ3n) is 4.04. The first-order valence-corrected chi connectivity index (χ1v) is 7.64. The molecule has 1 aliphatic rings. The summed E-state index contributed by atoms with van der Waals surface area (Å²) in [7, 11) is 0. The minimum absolute atomic E-state index is 0.401. The number of hydrogen-bond acceptors (Lipinski definition) is 3. The van der Waals surface area contributed by atoms with Gasteiger partial charge < -0.3 is 11.1 Å². The van der Waals surface area contributed by atoms with Crippen molar-refractivity contribution in [2.24, 2.45) is 11.7 Å². The van der Waals surface area contributed by atoms with Gasteiger partial charge in [-0.15, -0.1) is 0 Å². The van der Waals surface area contributed by atoms with E-state index >= 15 is 0 Å². The second kappa shape index (κ2) is 6.85. The zero-order chi connectivity index (χ0) is 13.7. The lowest BCUT2D eigenvalue weighted by Gasteiger charge is -2.30. The van der Waals surface area contributed by atoms with Gasteiger partial charge in [0.15, 0.2) is 0 Å². The van der Waals surface area contributed by atoms with E-state index < -0.39 is 0 Å². The molecule has 0 aliphatic heterocycles. The van der Waals surface area contributed by atoms with Gasteiger partial charge in [-0.1, -0.05) is 38.4 Å². The highest BCUT2D eigenvalue weighted by atomic mass is 32.1. The zero-order valence-corrected chi connectivity index (χ0v) is 12.4. The maximum absolute atomic E-state index is 5.58. The third kappa shape index (κ3) is 3.90. The summed E-state index contributed by atoms with van der Waals surface area (Å²) >= 11 is 4.94. The molecular weight excluding hydrogens is 254 g/mol. The number of nitrogens with one attached hydrogen (secondary N) is 1. The van der Waals surface area contributed by atoms with E-state index in [2.05, 4.69) is 17.2 Å². The van der Waals surface area contributed by atoms with Crippen molar-refractivity contribution < 1.29 is 0 Å². The number of nitrogens with two attached hydrogens (primary N) is 1. The van der Waals surface area contributed by atoms with E-state index in [0.717, 1.165) is 23.7 Å². The Balaban J connectivity index is 1.99. The summed E-state index contributed by atoms with van der Waals surface area (Å²) in [4.78, 5) is 4.81. The lowest BCUT2D eigenvalue weighted by molar-refractivity contribution is 0.312. The van der Waals surface area contributed by atoms with Crippen LogP contribution >= 0.6 is 12.2 Å². The van der Waals surface area contributed by atoms with Gasteiger partial charge in [-0.25, -0.2) is 4.98 Å². The van der Waals surface area contributed by atoms with Crippen LogP contribution in [0.4, 0.5) is 5.82 Å². The molecule has 1 fully saturated rings. The summed E-state index contributed by atoms with van der Waals surface area (Å²) in [5.41, 5.74) is 6.40. The summed E-state index contributed by atoms with van der Waals surface area (Å²) < 4.78 is 0. The van der Waals surface area contributed by atoms with E-state index in [4.69, 9.17) is 18.0 Å². The Labute approximate surface area is 121 Å². The summed E-state index contributed by atoms with van der Waals surface area (Å²) in [6, 6.07) is 4.44. The SMILES string of the molecule is CCC(Nc1ccc(C(N)=S)cn1)C1CCCCC1. The fraction of sp³-hybridized carbons (Fsp3) is 0.600. The first-order chi connectivity index (χ1) is 9.20. The molecule has 19 heavy (non-hydrogen) atoms. The van der Waals surface area contributed by atoms with Crippen molar-refractivity contribution in [1.82, 2.24) is 4.98 Å². The Bertz CT molecular complexity index is 410. The van der Waals surface area contributed by atoms with Crippen LogP contribution in [-0.2, 0) is 0 Å². The number of pyridine rings is 1. The van der Waals surface area contributed by atoms with Crippen LogP contribution in [0.15, 0.2) is 18.3 Å². The standard InChI is InChI=1S/C15H23N3S/c1-2-13(11-6-4-3-5-7-11)18-14-9-8-12(10-17-14)15(16)19/h8-11,13H,2-7H2,1H3,(H2,16,19)(H,17,18). The molecule has 1 unspecified atom stereocenters. The largest absolute Gasteiger partial charge is 0.389 e. The molecule has 1 aliphatic carbocycles. The predicted octanol–water partition coefficient (Wildman–Crippen LogP) is 3.49. The van der Waals surface area contributed by atoms with Crippen molar-refractivity contribution in [1.29, 1.82) is 0 Å². The molecule has 1 atom stereocenters. The zero-order valence-electron chi connectivity index (χ0n) is 11.6. The molecule has 0 aromatic carbocycles. The van der Waals surface area contributed by atoms with E-state index in [1.807, 2.05) is 12.1 Å². The number of aromatic nitrogens is 1. The average molecular weight is 277 g/mol. The van der Waals surface area contributed by atoms with Gasteiger partial charge in [0, 0.05) is 17.8 Å². The number of nitrogens with zero attached hydrogens (tertiary/aromatic N) is 1. The quantitative estimate of drug-likeness (QED) is 0.809. The molecule has 1 aromatic rings. The van der Waals surface area contributed by atoms with Gasteiger partial charge in [0.25, 0.3) is 0 Å². The van der Waals surface area contributed by atoms with Gasteiger partial charge in [0.2, 0.25) is 0 Å². The average Bonchev–Trinajstić information content (AvgIpc) is 2.46. The minimum atomic E-state index is 0.401. The lowest BCUT2D eigenvalue weighted by atomic mass is 9.83. The Kier molecular flexibility index (Phi) is 5.14. The molecule has 2 rings (SSSR count). The molecule has 0 saturated heterocycles. The van der Waals surface area contributed by atoms with Crippen molar-refractivity contribution in [3.8, 4) is 0 Å². The molecule has 3 nitrogen and oxygen atoms in total. The number of anilines is 1.